The van der Waals surface area contributed by atoms with Crippen LogP contribution < -0.4 is 5.32 Å². The number of rotatable bonds is 6. The number of nitro groups is 1. The van der Waals surface area contributed by atoms with Gasteiger partial charge in [0.25, 0.3) is 5.69 Å². The van der Waals surface area contributed by atoms with Crippen LogP contribution in [0, 0.1) is 15.9 Å². The maximum atomic E-state index is 13.3. The van der Waals surface area contributed by atoms with Crippen molar-refractivity contribution in [3.8, 4) is 0 Å². The second-order valence-electron chi connectivity index (χ2n) is 3.93. The van der Waals surface area contributed by atoms with Gasteiger partial charge in [-0.05, 0) is 12.5 Å². The molecule has 0 aliphatic carbocycles. The molecule has 1 aromatic rings. The Bertz CT molecular complexity index is 449. The van der Waals surface area contributed by atoms with Crippen LogP contribution in [0.25, 0.3) is 0 Å². The Kier molecular flexibility index (Phi) is 5.23. The lowest BCUT2D eigenvalue weighted by Crippen LogP contribution is -2.12. The van der Waals surface area contributed by atoms with Gasteiger partial charge < -0.3 is 5.32 Å². The van der Waals surface area contributed by atoms with E-state index in [1.54, 1.807) is 0 Å². The molecule has 0 saturated carbocycles. The zero-order valence-electron chi connectivity index (χ0n) is 10.1. The van der Waals surface area contributed by atoms with Crippen molar-refractivity contribution in [3.05, 3.63) is 34.1 Å². The van der Waals surface area contributed by atoms with Crippen molar-refractivity contribution in [1.82, 2.24) is 0 Å². The quantitative estimate of drug-likeness (QED) is 0.481. The number of nitrogens with zero attached hydrogens (tertiary/aromatic N) is 1. The summed E-state index contributed by atoms with van der Waals surface area (Å²) in [6.45, 7) is 2.01. The summed E-state index contributed by atoms with van der Waals surface area (Å²) in [4.78, 5) is 21.4. The Hall–Kier alpha value is -1.98. The third-order valence-corrected chi connectivity index (χ3v) is 2.44. The molecule has 1 aromatic carbocycles. The van der Waals surface area contributed by atoms with Gasteiger partial charge in [-0.25, -0.2) is 4.39 Å². The van der Waals surface area contributed by atoms with Crippen molar-refractivity contribution >= 4 is 17.3 Å². The minimum absolute atomic E-state index is 0.148. The van der Waals surface area contributed by atoms with Crippen molar-refractivity contribution < 1.29 is 14.1 Å². The average molecular weight is 254 g/mol. The molecule has 0 unspecified atom stereocenters. The largest absolute Gasteiger partial charge is 0.323 e. The highest BCUT2D eigenvalue weighted by molar-refractivity contribution is 5.91. The molecule has 0 fully saturated rings. The number of carbonyl (C=O) groups excluding carboxylic acids is 1. The second-order valence-corrected chi connectivity index (χ2v) is 3.93. The summed E-state index contributed by atoms with van der Waals surface area (Å²) in [6.07, 6.45) is 2.91. The zero-order valence-corrected chi connectivity index (χ0v) is 10.1. The third-order valence-electron chi connectivity index (χ3n) is 2.44. The third kappa shape index (κ3) is 4.12. The summed E-state index contributed by atoms with van der Waals surface area (Å²) in [6, 6.07) is 3.05. The van der Waals surface area contributed by atoms with E-state index in [2.05, 4.69) is 5.32 Å². The summed E-state index contributed by atoms with van der Waals surface area (Å²) in [5, 5.41) is 12.9. The summed E-state index contributed by atoms with van der Waals surface area (Å²) in [7, 11) is 0. The number of carbonyl (C=O) groups is 1. The summed E-state index contributed by atoms with van der Waals surface area (Å²) < 4.78 is 13.3. The second kappa shape index (κ2) is 6.68. The van der Waals surface area contributed by atoms with Crippen LogP contribution in [0.1, 0.15) is 32.6 Å². The maximum absolute atomic E-state index is 13.3. The molecule has 0 heterocycles. The lowest BCUT2D eigenvalue weighted by molar-refractivity contribution is -0.384. The molecule has 0 aliphatic rings. The molecule has 1 rings (SSSR count). The van der Waals surface area contributed by atoms with Crippen LogP contribution in [0.4, 0.5) is 15.8 Å². The minimum atomic E-state index is -0.676. The first-order chi connectivity index (χ1) is 8.54. The number of halogens is 1. The highest BCUT2D eigenvalue weighted by Crippen LogP contribution is 2.21. The molecule has 0 aromatic heterocycles. The van der Waals surface area contributed by atoms with Crippen molar-refractivity contribution in [2.24, 2.45) is 0 Å². The fourth-order valence-electron chi connectivity index (χ4n) is 1.47. The number of nitro benzene ring substituents is 1. The smallest absolute Gasteiger partial charge is 0.271 e. The molecular formula is C12H15FN2O3. The molecule has 18 heavy (non-hydrogen) atoms. The summed E-state index contributed by atoms with van der Waals surface area (Å²) in [5.41, 5.74) is -0.397. The Labute approximate surface area is 104 Å². The topological polar surface area (TPSA) is 72.2 Å². The van der Waals surface area contributed by atoms with E-state index in [4.69, 9.17) is 0 Å². The molecule has 0 bridgehead atoms. The van der Waals surface area contributed by atoms with Crippen LogP contribution >= 0.6 is 0 Å². The van der Waals surface area contributed by atoms with E-state index in [0.717, 1.165) is 37.5 Å². The Balaban J connectivity index is 2.68. The predicted octanol–water partition coefficient (Wildman–Crippen LogP) is 3.25. The molecule has 0 aliphatic heterocycles. The lowest BCUT2D eigenvalue weighted by atomic mass is 10.2. The average Bonchev–Trinajstić information content (AvgIpc) is 2.32. The first-order valence-corrected chi connectivity index (χ1v) is 5.78. The predicted molar refractivity (Wildman–Crippen MR) is 65.8 cm³/mol. The number of non-ortho nitro benzene ring substituents is 1. The van der Waals surface area contributed by atoms with Crippen molar-refractivity contribution in [1.29, 1.82) is 0 Å². The molecule has 6 heteroatoms. The van der Waals surface area contributed by atoms with E-state index in [0.29, 0.717) is 0 Å². The van der Waals surface area contributed by atoms with Crippen LogP contribution in [0.3, 0.4) is 0 Å². The first-order valence-electron chi connectivity index (χ1n) is 5.78. The molecule has 0 radical (unpaired) electrons. The van der Waals surface area contributed by atoms with Gasteiger partial charge in [-0.2, -0.15) is 0 Å². The maximum Gasteiger partial charge on any atom is 0.271 e. The number of amides is 1. The number of benzene rings is 1. The fourth-order valence-corrected chi connectivity index (χ4v) is 1.47. The Morgan fingerprint density at radius 1 is 1.44 bits per heavy atom. The number of nitrogens with one attached hydrogen (secondary N) is 1. The lowest BCUT2D eigenvalue weighted by Gasteiger charge is -2.05. The number of hydrogen-bond acceptors (Lipinski definition) is 3. The molecular weight excluding hydrogens is 239 g/mol. The van der Waals surface area contributed by atoms with E-state index < -0.39 is 10.7 Å². The van der Waals surface area contributed by atoms with Crippen molar-refractivity contribution in [2.45, 2.75) is 32.6 Å². The highest BCUT2D eigenvalue weighted by atomic mass is 19.1. The number of anilines is 1. The molecule has 5 nitrogen and oxygen atoms in total. The summed E-state index contributed by atoms with van der Waals surface area (Å²) >= 11 is 0. The fraction of sp³-hybridized carbons (Fsp3) is 0.417. The van der Waals surface area contributed by atoms with Crippen LogP contribution in [0.5, 0.6) is 0 Å². The normalized spacial score (nSPS) is 10.1. The molecule has 0 spiro atoms. The van der Waals surface area contributed by atoms with Gasteiger partial charge in [0.15, 0.2) is 0 Å². The van der Waals surface area contributed by atoms with Gasteiger partial charge in [0, 0.05) is 18.6 Å². The Morgan fingerprint density at radius 2 is 2.17 bits per heavy atom. The van der Waals surface area contributed by atoms with E-state index in [1.807, 2.05) is 6.92 Å². The van der Waals surface area contributed by atoms with Crippen molar-refractivity contribution in [3.63, 3.8) is 0 Å². The van der Waals surface area contributed by atoms with Gasteiger partial charge in [-0.1, -0.05) is 19.8 Å². The van der Waals surface area contributed by atoms with Crippen molar-refractivity contribution in [2.75, 3.05) is 5.32 Å². The minimum Gasteiger partial charge on any atom is -0.323 e. The first kappa shape index (κ1) is 14.1. The van der Waals surface area contributed by atoms with E-state index in [9.17, 15) is 19.3 Å². The monoisotopic (exact) mass is 254 g/mol. The zero-order chi connectivity index (χ0) is 13.5. The van der Waals surface area contributed by atoms with E-state index >= 15 is 0 Å². The van der Waals surface area contributed by atoms with Gasteiger partial charge >= 0.3 is 0 Å². The van der Waals surface area contributed by atoms with Gasteiger partial charge in [0.05, 0.1) is 10.6 Å². The van der Waals surface area contributed by atoms with Gasteiger partial charge in [-0.15, -0.1) is 0 Å². The van der Waals surface area contributed by atoms with Crippen LogP contribution in [0.15, 0.2) is 18.2 Å². The molecule has 98 valence electrons. The standard InChI is InChI=1S/C12H15FN2O3/c1-2-3-4-5-12(16)14-11-8-9(15(17)18)6-7-10(11)13/h6-8H,2-5H2,1H3,(H,14,16). The molecule has 0 atom stereocenters. The van der Waals surface area contributed by atoms with Crippen LogP contribution in [0.2, 0.25) is 0 Å². The highest BCUT2D eigenvalue weighted by Gasteiger charge is 2.12. The van der Waals surface area contributed by atoms with E-state index in [1.165, 1.54) is 0 Å². The van der Waals surface area contributed by atoms with Crippen LogP contribution in [-0.4, -0.2) is 10.8 Å². The van der Waals surface area contributed by atoms with Crippen LogP contribution in [-0.2, 0) is 4.79 Å². The van der Waals surface area contributed by atoms with Gasteiger partial charge in [0.1, 0.15) is 5.82 Å². The number of unbranched alkanes of at least 4 members (excludes halogenated alkanes) is 2. The Morgan fingerprint density at radius 3 is 2.78 bits per heavy atom. The molecule has 0 saturated heterocycles. The molecule has 1 amide bonds. The summed E-state index contributed by atoms with van der Waals surface area (Å²) in [5.74, 6) is -1.01. The van der Waals surface area contributed by atoms with E-state index in [-0.39, 0.29) is 23.7 Å². The van der Waals surface area contributed by atoms with Gasteiger partial charge in [0.2, 0.25) is 5.91 Å². The number of hydrogen-bond donors (Lipinski definition) is 1. The molecule has 1 N–H and O–H groups in total. The van der Waals surface area contributed by atoms with Gasteiger partial charge in [-0.3, -0.25) is 14.9 Å². The SMILES string of the molecule is CCCCCC(=O)Nc1cc([N+](=O)[O-])ccc1F.